The molecule has 114 valence electrons. The Kier molecular flexibility index (Phi) is 3.98. The van der Waals surface area contributed by atoms with E-state index in [4.69, 9.17) is 4.74 Å². The summed E-state index contributed by atoms with van der Waals surface area (Å²) in [6.45, 7) is 4.76. The highest BCUT2D eigenvalue weighted by molar-refractivity contribution is 5.79. The Hall–Kier alpha value is -1.42. The number of pyridine rings is 1. The van der Waals surface area contributed by atoms with Crippen molar-refractivity contribution < 1.29 is 9.53 Å². The number of hydrogen-bond donors (Lipinski definition) is 1. The second-order valence-electron chi connectivity index (χ2n) is 6.37. The molecule has 4 nitrogen and oxygen atoms in total. The predicted octanol–water partition coefficient (Wildman–Crippen LogP) is 2.40. The van der Waals surface area contributed by atoms with Gasteiger partial charge in [-0.15, -0.1) is 0 Å². The lowest BCUT2D eigenvalue weighted by Crippen LogP contribution is -2.67. The van der Waals surface area contributed by atoms with Crippen LogP contribution >= 0.6 is 0 Å². The van der Waals surface area contributed by atoms with Crippen molar-refractivity contribution >= 4 is 5.91 Å². The normalized spacial score (nSPS) is 26.0. The lowest BCUT2D eigenvalue weighted by Gasteiger charge is -2.61. The van der Waals surface area contributed by atoms with E-state index in [1.54, 1.807) is 6.20 Å². The number of amides is 1. The number of aromatic nitrogens is 1. The standard InChI is InChI=1S/C17H24N2O2/c1-3-21-15-10-14(17(15)7-4-8-17)19-16(20)9-13-6-5-12(2)18-11-13/h5-6,11,14-15H,3-4,7-10H2,1-2H3,(H,19,20)/t14-,15-/m0/s1. The number of nitrogens with one attached hydrogen (secondary N) is 1. The van der Waals surface area contributed by atoms with Crippen molar-refractivity contribution in [2.75, 3.05) is 6.61 Å². The smallest absolute Gasteiger partial charge is 0.224 e. The molecule has 4 heteroatoms. The first-order valence-corrected chi connectivity index (χ1v) is 7.96. The van der Waals surface area contributed by atoms with Crippen LogP contribution in [0.3, 0.4) is 0 Å². The molecule has 1 N–H and O–H groups in total. The monoisotopic (exact) mass is 288 g/mol. The number of hydrogen-bond acceptors (Lipinski definition) is 3. The number of ether oxygens (including phenoxy) is 1. The van der Waals surface area contributed by atoms with E-state index in [1.807, 2.05) is 26.0 Å². The molecule has 2 fully saturated rings. The van der Waals surface area contributed by atoms with Gasteiger partial charge in [-0.1, -0.05) is 12.5 Å². The van der Waals surface area contributed by atoms with Gasteiger partial charge in [0.25, 0.3) is 0 Å². The maximum atomic E-state index is 12.2. The van der Waals surface area contributed by atoms with Gasteiger partial charge < -0.3 is 10.1 Å². The van der Waals surface area contributed by atoms with E-state index in [0.29, 0.717) is 18.6 Å². The van der Waals surface area contributed by atoms with Gasteiger partial charge in [0.1, 0.15) is 0 Å². The molecule has 1 aromatic rings. The molecular weight excluding hydrogens is 264 g/mol. The Morgan fingerprint density at radius 3 is 2.86 bits per heavy atom. The van der Waals surface area contributed by atoms with Crippen molar-refractivity contribution in [3.63, 3.8) is 0 Å². The lowest BCUT2D eigenvalue weighted by atomic mass is 9.51. The van der Waals surface area contributed by atoms with E-state index in [-0.39, 0.29) is 11.3 Å². The molecule has 1 spiro atoms. The van der Waals surface area contributed by atoms with Crippen molar-refractivity contribution in [1.82, 2.24) is 10.3 Å². The van der Waals surface area contributed by atoms with Crippen LogP contribution in [0, 0.1) is 12.3 Å². The van der Waals surface area contributed by atoms with E-state index in [9.17, 15) is 4.79 Å². The first kappa shape index (κ1) is 14.5. The van der Waals surface area contributed by atoms with Crippen LogP contribution in [0.5, 0.6) is 0 Å². The van der Waals surface area contributed by atoms with Gasteiger partial charge in [-0.25, -0.2) is 0 Å². The van der Waals surface area contributed by atoms with Crippen molar-refractivity contribution in [2.24, 2.45) is 5.41 Å². The molecule has 3 rings (SSSR count). The SMILES string of the molecule is CCO[C@H]1C[C@H](NC(=O)Cc2ccc(C)nc2)C12CCC2. The van der Waals surface area contributed by atoms with Crippen LogP contribution in [-0.2, 0) is 16.0 Å². The van der Waals surface area contributed by atoms with Crippen LogP contribution in [0.1, 0.15) is 43.9 Å². The molecule has 2 atom stereocenters. The molecule has 1 aromatic heterocycles. The largest absolute Gasteiger partial charge is 0.378 e. The van der Waals surface area contributed by atoms with Gasteiger partial charge in [0, 0.05) is 30.0 Å². The van der Waals surface area contributed by atoms with E-state index < -0.39 is 0 Å². The zero-order valence-electron chi connectivity index (χ0n) is 12.9. The molecule has 1 heterocycles. The fourth-order valence-electron chi connectivity index (χ4n) is 3.67. The van der Waals surface area contributed by atoms with Gasteiger partial charge in [0.05, 0.1) is 12.5 Å². The second-order valence-corrected chi connectivity index (χ2v) is 6.37. The number of aryl methyl sites for hydroxylation is 1. The van der Waals surface area contributed by atoms with Crippen LogP contribution in [0.2, 0.25) is 0 Å². The van der Waals surface area contributed by atoms with E-state index in [1.165, 1.54) is 19.3 Å². The molecule has 0 radical (unpaired) electrons. The minimum Gasteiger partial charge on any atom is -0.378 e. The molecule has 2 aliphatic carbocycles. The van der Waals surface area contributed by atoms with Gasteiger partial charge in [0.15, 0.2) is 0 Å². The van der Waals surface area contributed by atoms with Crippen LogP contribution < -0.4 is 5.32 Å². The highest BCUT2D eigenvalue weighted by atomic mass is 16.5. The van der Waals surface area contributed by atoms with Crippen molar-refractivity contribution in [3.8, 4) is 0 Å². The Morgan fingerprint density at radius 2 is 2.29 bits per heavy atom. The molecule has 21 heavy (non-hydrogen) atoms. The molecule has 0 aliphatic heterocycles. The summed E-state index contributed by atoms with van der Waals surface area (Å²) in [7, 11) is 0. The fraction of sp³-hybridized carbons (Fsp3) is 0.647. The fourth-order valence-corrected chi connectivity index (χ4v) is 3.67. The molecule has 0 aromatic carbocycles. The average molecular weight is 288 g/mol. The topological polar surface area (TPSA) is 51.2 Å². The van der Waals surface area contributed by atoms with E-state index >= 15 is 0 Å². The predicted molar refractivity (Wildman–Crippen MR) is 80.9 cm³/mol. The maximum absolute atomic E-state index is 12.2. The second kappa shape index (κ2) is 5.76. The Labute approximate surface area is 126 Å². The summed E-state index contributed by atoms with van der Waals surface area (Å²) in [6.07, 6.45) is 7.16. The summed E-state index contributed by atoms with van der Waals surface area (Å²) in [5, 5.41) is 3.21. The molecule has 2 saturated carbocycles. The summed E-state index contributed by atoms with van der Waals surface area (Å²) < 4.78 is 5.82. The third kappa shape index (κ3) is 2.69. The third-order valence-corrected chi connectivity index (χ3v) is 5.11. The summed E-state index contributed by atoms with van der Waals surface area (Å²) in [6, 6.07) is 4.23. The summed E-state index contributed by atoms with van der Waals surface area (Å²) in [5.74, 6) is 0.104. The van der Waals surface area contributed by atoms with Gasteiger partial charge in [-0.3, -0.25) is 9.78 Å². The highest BCUT2D eigenvalue weighted by Crippen LogP contribution is 2.57. The number of carbonyl (C=O) groups is 1. The number of nitrogens with zero attached hydrogens (tertiary/aromatic N) is 1. The minimum atomic E-state index is 0.104. The Morgan fingerprint density at radius 1 is 1.48 bits per heavy atom. The van der Waals surface area contributed by atoms with Crippen LogP contribution in [0.15, 0.2) is 18.3 Å². The average Bonchev–Trinajstić information content (AvgIpc) is 2.38. The third-order valence-electron chi connectivity index (χ3n) is 5.11. The molecule has 0 unspecified atom stereocenters. The number of rotatable bonds is 5. The number of carbonyl (C=O) groups excluding carboxylic acids is 1. The maximum Gasteiger partial charge on any atom is 0.224 e. The molecular formula is C17H24N2O2. The van der Waals surface area contributed by atoms with Crippen molar-refractivity contribution in [2.45, 2.75) is 58.1 Å². The summed E-state index contributed by atoms with van der Waals surface area (Å²) in [5.41, 5.74) is 2.18. The minimum absolute atomic E-state index is 0.104. The van der Waals surface area contributed by atoms with Crippen molar-refractivity contribution in [1.29, 1.82) is 0 Å². The van der Waals surface area contributed by atoms with Gasteiger partial charge >= 0.3 is 0 Å². The summed E-state index contributed by atoms with van der Waals surface area (Å²) >= 11 is 0. The summed E-state index contributed by atoms with van der Waals surface area (Å²) in [4.78, 5) is 16.5. The lowest BCUT2D eigenvalue weighted by molar-refractivity contribution is -0.175. The highest BCUT2D eigenvalue weighted by Gasteiger charge is 2.59. The van der Waals surface area contributed by atoms with Crippen LogP contribution in [0.4, 0.5) is 0 Å². The first-order valence-electron chi connectivity index (χ1n) is 7.96. The zero-order valence-corrected chi connectivity index (χ0v) is 12.9. The Balaban J connectivity index is 1.55. The van der Waals surface area contributed by atoms with Gasteiger partial charge in [0.2, 0.25) is 5.91 Å². The van der Waals surface area contributed by atoms with Crippen LogP contribution in [-0.4, -0.2) is 29.6 Å². The Bertz CT molecular complexity index is 508. The zero-order chi connectivity index (χ0) is 14.9. The van der Waals surface area contributed by atoms with Crippen LogP contribution in [0.25, 0.3) is 0 Å². The molecule has 2 aliphatic rings. The van der Waals surface area contributed by atoms with Crippen molar-refractivity contribution in [3.05, 3.63) is 29.6 Å². The molecule has 0 saturated heterocycles. The first-order chi connectivity index (χ1) is 10.1. The molecule has 0 bridgehead atoms. The molecule has 1 amide bonds. The quantitative estimate of drug-likeness (QED) is 0.905. The van der Waals surface area contributed by atoms with E-state index in [0.717, 1.165) is 24.3 Å². The van der Waals surface area contributed by atoms with Gasteiger partial charge in [-0.05, 0) is 44.7 Å². The van der Waals surface area contributed by atoms with E-state index in [2.05, 4.69) is 10.3 Å². The van der Waals surface area contributed by atoms with Gasteiger partial charge in [-0.2, -0.15) is 0 Å².